The number of hydrogen-bond acceptors (Lipinski definition) is 5. The average molecular weight is 340 g/mol. The van der Waals surface area contributed by atoms with Gasteiger partial charge in [-0.05, 0) is 18.2 Å². The molecular weight excluding hydrogens is 320 g/mol. The lowest BCUT2D eigenvalue weighted by Gasteiger charge is -2.36. The molecule has 1 aromatic carbocycles. The number of methoxy groups -OCH3 is 1. The molecule has 0 spiro atoms. The van der Waals surface area contributed by atoms with Crippen LogP contribution in [0.4, 0.5) is 0 Å². The Bertz CT molecular complexity index is 776. The van der Waals surface area contributed by atoms with E-state index in [1.807, 2.05) is 24.3 Å². The van der Waals surface area contributed by atoms with Crippen molar-refractivity contribution in [3.63, 3.8) is 0 Å². The van der Waals surface area contributed by atoms with E-state index in [-0.39, 0.29) is 23.2 Å². The molecule has 7 nitrogen and oxygen atoms in total. The Hall–Kier alpha value is -2.93. The summed E-state index contributed by atoms with van der Waals surface area (Å²) in [6.07, 6.45) is 1.33. The molecule has 3 N–H and O–H groups in total. The second-order valence-electron chi connectivity index (χ2n) is 5.76. The molecule has 2 aromatic rings. The highest BCUT2D eigenvalue weighted by Crippen LogP contribution is 2.30. The summed E-state index contributed by atoms with van der Waals surface area (Å²) in [6.45, 7) is 1.89. The van der Waals surface area contributed by atoms with Crippen molar-refractivity contribution in [1.82, 2.24) is 15.2 Å². The molecule has 25 heavy (non-hydrogen) atoms. The molecule has 0 radical (unpaired) electrons. The fourth-order valence-corrected chi connectivity index (χ4v) is 2.98. The summed E-state index contributed by atoms with van der Waals surface area (Å²) in [6, 6.07) is 10.6. The van der Waals surface area contributed by atoms with Gasteiger partial charge in [0.1, 0.15) is 11.4 Å². The molecule has 0 aliphatic carbocycles. The number of amides is 2. The highest BCUT2D eigenvalue weighted by molar-refractivity contribution is 5.95. The second kappa shape index (κ2) is 7.31. The number of nitrogens with one attached hydrogen (secondary N) is 1. The summed E-state index contributed by atoms with van der Waals surface area (Å²) in [5.74, 6) is -0.0139. The molecule has 1 saturated heterocycles. The molecule has 2 heterocycles. The number of primary amides is 1. The number of rotatable bonds is 4. The van der Waals surface area contributed by atoms with E-state index in [2.05, 4.69) is 10.3 Å². The summed E-state index contributed by atoms with van der Waals surface area (Å²) < 4.78 is 5.44. The Morgan fingerprint density at radius 3 is 2.76 bits per heavy atom. The van der Waals surface area contributed by atoms with Gasteiger partial charge in [-0.25, -0.2) is 0 Å². The monoisotopic (exact) mass is 340 g/mol. The zero-order valence-electron chi connectivity index (χ0n) is 13.9. The topological polar surface area (TPSA) is 97.5 Å². The van der Waals surface area contributed by atoms with E-state index < -0.39 is 5.91 Å². The Balaban J connectivity index is 1.90. The van der Waals surface area contributed by atoms with E-state index in [1.165, 1.54) is 18.3 Å². The number of carbonyl (C=O) groups is 2. The predicted molar refractivity (Wildman–Crippen MR) is 92.4 cm³/mol. The lowest BCUT2D eigenvalue weighted by molar-refractivity contribution is 0.0625. The van der Waals surface area contributed by atoms with Crippen LogP contribution in [0.1, 0.15) is 32.5 Å². The number of ether oxygens (including phenoxy) is 1. The molecular formula is C18H20N4O3. The molecule has 7 heteroatoms. The lowest BCUT2D eigenvalue weighted by Crippen LogP contribution is -2.49. The first-order valence-corrected chi connectivity index (χ1v) is 8.02. The smallest absolute Gasteiger partial charge is 0.273 e. The van der Waals surface area contributed by atoms with Crippen molar-refractivity contribution in [3.05, 3.63) is 59.4 Å². The quantitative estimate of drug-likeness (QED) is 0.864. The summed E-state index contributed by atoms with van der Waals surface area (Å²) in [4.78, 5) is 30.0. The molecule has 0 saturated carbocycles. The van der Waals surface area contributed by atoms with E-state index in [4.69, 9.17) is 10.5 Å². The first kappa shape index (κ1) is 16.9. The molecule has 1 atom stereocenters. The van der Waals surface area contributed by atoms with Gasteiger partial charge in [0, 0.05) is 31.4 Å². The summed E-state index contributed by atoms with van der Waals surface area (Å²) >= 11 is 0. The summed E-state index contributed by atoms with van der Waals surface area (Å²) in [7, 11) is 1.62. The predicted octanol–water partition coefficient (Wildman–Crippen LogP) is 0.976. The summed E-state index contributed by atoms with van der Waals surface area (Å²) in [5.41, 5.74) is 6.72. The molecule has 1 aromatic heterocycles. The molecule has 1 aliphatic rings. The van der Waals surface area contributed by atoms with Gasteiger partial charge >= 0.3 is 0 Å². The number of benzene rings is 1. The Labute approximate surface area is 145 Å². The Morgan fingerprint density at radius 2 is 2.08 bits per heavy atom. The number of carbonyl (C=O) groups excluding carboxylic acids is 2. The standard InChI is InChI=1S/C18H20N4O3/c1-25-16-5-3-2-4-13(16)15-11-20-8-9-22(15)18(24)14-7-6-12(10-21-14)17(19)23/h2-7,10,15,20H,8-9,11H2,1H3,(H2,19,23). The number of piperazine rings is 1. The van der Waals surface area contributed by atoms with Crippen LogP contribution in [-0.2, 0) is 0 Å². The van der Waals surface area contributed by atoms with Crippen LogP contribution in [0.5, 0.6) is 5.75 Å². The number of nitrogens with two attached hydrogens (primary N) is 1. The number of aromatic nitrogens is 1. The maximum atomic E-state index is 12.9. The van der Waals surface area contributed by atoms with E-state index in [1.54, 1.807) is 12.0 Å². The summed E-state index contributed by atoms with van der Waals surface area (Å²) in [5, 5.41) is 3.31. The van der Waals surface area contributed by atoms with Crippen molar-refractivity contribution >= 4 is 11.8 Å². The number of hydrogen-bond donors (Lipinski definition) is 2. The first-order chi connectivity index (χ1) is 12.1. The van der Waals surface area contributed by atoms with Gasteiger partial charge in [-0.3, -0.25) is 14.6 Å². The van der Waals surface area contributed by atoms with Crippen LogP contribution in [0.25, 0.3) is 0 Å². The van der Waals surface area contributed by atoms with Crippen LogP contribution in [0.2, 0.25) is 0 Å². The van der Waals surface area contributed by atoms with Crippen molar-refractivity contribution < 1.29 is 14.3 Å². The third-order valence-electron chi connectivity index (χ3n) is 4.27. The molecule has 1 fully saturated rings. The third kappa shape index (κ3) is 3.46. The lowest BCUT2D eigenvalue weighted by atomic mass is 10.0. The molecule has 3 rings (SSSR count). The fraction of sp³-hybridized carbons (Fsp3) is 0.278. The van der Waals surface area contributed by atoms with Crippen LogP contribution in [0, 0.1) is 0 Å². The maximum absolute atomic E-state index is 12.9. The molecule has 1 aliphatic heterocycles. The fourth-order valence-electron chi connectivity index (χ4n) is 2.98. The van der Waals surface area contributed by atoms with E-state index >= 15 is 0 Å². The number of para-hydroxylation sites is 1. The van der Waals surface area contributed by atoms with Gasteiger partial charge in [0.05, 0.1) is 18.7 Å². The van der Waals surface area contributed by atoms with Crippen LogP contribution >= 0.6 is 0 Å². The normalized spacial score (nSPS) is 17.2. The number of nitrogens with zero attached hydrogens (tertiary/aromatic N) is 2. The van der Waals surface area contributed by atoms with Crippen molar-refractivity contribution in [2.24, 2.45) is 5.73 Å². The largest absolute Gasteiger partial charge is 0.496 e. The van der Waals surface area contributed by atoms with Crippen molar-refractivity contribution in [3.8, 4) is 5.75 Å². The average Bonchev–Trinajstić information content (AvgIpc) is 2.67. The van der Waals surface area contributed by atoms with Crippen molar-refractivity contribution in [2.75, 3.05) is 26.7 Å². The maximum Gasteiger partial charge on any atom is 0.273 e. The van der Waals surface area contributed by atoms with Crippen LogP contribution < -0.4 is 15.8 Å². The molecule has 2 amide bonds. The van der Waals surface area contributed by atoms with E-state index in [9.17, 15) is 9.59 Å². The third-order valence-corrected chi connectivity index (χ3v) is 4.27. The highest BCUT2D eigenvalue weighted by Gasteiger charge is 2.31. The zero-order valence-corrected chi connectivity index (χ0v) is 13.9. The van der Waals surface area contributed by atoms with Gasteiger partial charge in [-0.2, -0.15) is 0 Å². The minimum Gasteiger partial charge on any atom is -0.496 e. The van der Waals surface area contributed by atoms with Crippen LogP contribution in [0.15, 0.2) is 42.6 Å². The van der Waals surface area contributed by atoms with E-state index in [0.717, 1.165) is 11.3 Å². The molecule has 130 valence electrons. The van der Waals surface area contributed by atoms with Gasteiger partial charge < -0.3 is 20.7 Å². The zero-order chi connectivity index (χ0) is 17.8. The molecule has 0 bridgehead atoms. The number of pyridine rings is 1. The van der Waals surface area contributed by atoms with Crippen molar-refractivity contribution in [2.45, 2.75) is 6.04 Å². The first-order valence-electron chi connectivity index (χ1n) is 8.02. The minimum atomic E-state index is -0.569. The minimum absolute atomic E-state index is 0.157. The van der Waals surface area contributed by atoms with Gasteiger partial charge in [-0.15, -0.1) is 0 Å². The second-order valence-corrected chi connectivity index (χ2v) is 5.76. The Morgan fingerprint density at radius 1 is 1.28 bits per heavy atom. The van der Waals surface area contributed by atoms with E-state index in [0.29, 0.717) is 19.6 Å². The van der Waals surface area contributed by atoms with Gasteiger partial charge in [0.25, 0.3) is 5.91 Å². The SMILES string of the molecule is COc1ccccc1C1CNCCN1C(=O)c1ccc(C(N)=O)cn1. The highest BCUT2D eigenvalue weighted by atomic mass is 16.5. The molecule has 1 unspecified atom stereocenters. The van der Waals surface area contributed by atoms with Crippen LogP contribution in [0.3, 0.4) is 0 Å². The van der Waals surface area contributed by atoms with Crippen molar-refractivity contribution in [1.29, 1.82) is 0 Å². The van der Waals surface area contributed by atoms with Gasteiger partial charge in [-0.1, -0.05) is 18.2 Å². The Kier molecular flexibility index (Phi) is 4.95. The van der Waals surface area contributed by atoms with Crippen LogP contribution in [-0.4, -0.2) is 48.4 Å². The van der Waals surface area contributed by atoms with Gasteiger partial charge in [0.2, 0.25) is 5.91 Å². The van der Waals surface area contributed by atoms with Gasteiger partial charge in [0.15, 0.2) is 0 Å².